The van der Waals surface area contributed by atoms with Gasteiger partial charge in [0.2, 0.25) is 0 Å². The minimum atomic E-state index is -3.75. The molecule has 1 aliphatic heterocycles. The lowest BCUT2D eigenvalue weighted by molar-refractivity contribution is 0.312. The molecule has 6 nitrogen and oxygen atoms in total. The highest BCUT2D eigenvalue weighted by Crippen LogP contribution is 2.33. The largest absolute Gasteiger partial charge is 0.369 e. The molecule has 2 aromatic heterocycles. The number of hydrogen-bond acceptors (Lipinski definition) is 5. The van der Waals surface area contributed by atoms with Crippen LogP contribution in [0.1, 0.15) is 20.8 Å². The lowest BCUT2D eigenvalue weighted by atomic mass is 9.98. The minimum Gasteiger partial charge on any atom is -0.369 e. The van der Waals surface area contributed by atoms with Gasteiger partial charge in [-0.25, -0.2) is 17.4 Å². The van der Waals surface area contributed by atoms with E-state index < -0.39 is 17.0 Å². The summed E-state index contributed by atoms with van der Waals surface area (Å²) in [6.45, 7) is 6.33. The van der Waals surface area contributed by atoms with Crippen LogP contribution in [0.3, 0.4) is 0 Å². The Labute approximate surface area is 205 Å². The second-order valence-corrected chi connectivity index (χ2v) is 10.8. The van der Waals surface area contributed by atoms with E-state index in [2.05, 4.69) is 35.9 Å². The first-order valence-corrected chi connectivity index (χ1v) is 12.8. The van der Waals surface area contributed by atoms with Crippen LogP contribution in [0.5, 0.6) is 0 Å². The van der Waals surface area contributed by atoms with Crippen LogP contribution in [0.4, 0.5) is 5.69 Å². The van der Waals surface area contributed by atoms with E-state index in [0.29, 0.717) is 31.8 Å². The quantitative estimate of drug-likeness (QED) is 0.429. The zero-order chi connectivity index (χ0) is 26.5. The van der Waals surface area contributed by atoms with Crippen LogP contribution < -0.4 is 4.90 Å². The number of fused-ring (bicyclic) bond motifs is 1. The van der Waals surface area contributed by atoms with Gasteiger partial charge in [-0.2, -0.15) is 0 Å². The Balaban J connectivity index is 1.44. The van der Waals surface area contributed by atoms with Gasteiger partial charge in [0.25, 0.3) is 10.0 Å². The molecule has 1 aliphatic rings. The minimum absolute atomic E-state index is 0.225. The summed E-state index contributed by atoms with van der Waals surface area (Å²) in [6.07, 6.45) is 3.27. The third-order valence-corrected chi connectivity index (χ3v) is 8.17. The van der Waals surface area contributed by atoms with Gasteiger partial charge in [-0.1, -0.05) is 17.7 Å². The van der Waals surface area contributed by atoms with Crippen LogP contribution in [0.25, 0.3) is 22.2 Å². The van der Waals surface area contributed by atoms with Crippen molar-refractivity contribution in [2.75, 3.05) is 38.1 Å². The molecule has 7 heteroatoms. The summed E-state index contributed by atoms with van der Waals surface area (Å²) in [7, 11) is -3.75. The van der Waals surface area contributed by atoms with E-state index in [9.17, 15) is 8.42 Å². The molecule has 0 N–H and O–H groups in total. The maximum atomic E-state index is 13.2. The highest BCUT2D eigenvalue weighted by molar-refractivity contribution is 7.90. The number of hydrogen-bond donors (Lipinski definition) is 0. The molecule has 0 radical (unpaired) electrons. The summed E-state index contributed by atoms with van der Waals surface area (Å²) in [5.41, 5.74) is 6.65. The fourth-order valence-corrected chi connectivity index (χ4v) is 6.04. The molecule has 0 spiro atoms. The van der Waals surface area contributed by atoms with Gasteiger partial charge >= 0.3 is 0 Å². The average molecular weight is 478 g/mol. The van der Waals surface area contributed by atoms with Crippen LogP contribution in [-0.4, -0.2) is 55.4 Å². The number of likely N-dealkylation sites (N-methyl/N-ethyl adjacent to an activating group) is 1. The van der Waals surface area contributed by atoms with Gasteiger partial charge in [0.15, 0.2) is 5.65 Å². The molecule has 176 valence electrons. The molecule has 34 heavy (non-hydrogen) atoms. The van der Waals surface area contributed by atoms with Crippen LogP contribution >= 0.6 is 0 Å². The van der Waals surface area contributed by atoms with Crippen LogP contribution in [0, 0.1) is 20.8 Å². The highest BCUT2D eigenvalue weighted by atomic mass is 32.2. The fraction of sp³-hybridized carbons (Fsp3) is 0.296. The molecule has 0 saturated carbocycles. The van der Waals surface area contributed by atoms with Crippen molar-refractivity contribution in [3.63, 3.8) is 0 Å². The van der Waals surface area contributed by atoms with Gasteiger partial charge in [-0.15, -0.1) is 0 Å². The molecule has 0 unspecified atom stereocenters. The Morgan fingerprint density at radius 2 is 1.56 bits per heavy atom. The molecular formula is C27H30N4O2S. The van der Waals surface area contributed by atoms with Gasteiger partial charge < -0.3 is 9.80 Å². The molecule has 0 aliphatic carbocycles. The van der Waals surface area contributed by atoms with Gasteiger partial charge in [-0.05, 0) is 80.8 Å². The smallest absolute Gasteiger partial charge is 0.269 e. The van der Waals surface area contributed by atoms with Crippen molar-refractivity contribution in [2.24, 2.45) is 0 Å². The maximum Gasteiger partial charge on any atom is 0.269 e. The normalized spacial score (nSPS) is 16.9. The molecule has 0 amide bonds. The molecule has 0 atom stereocenters. The Hall–Kier alpha value is -3.16. The van der Waals surface area contributed by atoms with E-state index in [-0.39, 0.29) is 4.90 Å². The van der Waals surface area contributed by atoms with E-state index in [4.69, 9.17) is 4.11 Å². The molecular weight excluding hydrogens is 444 g/mol. The fourth-order valence-electron chi connectivity index (χ4n) is 4.73. The number of nitrogens with zero attached hydrogens (tertiary/aromatic N) is 4. The van der Waals surface area contributed by atoms with Crippen LogP contribution in [0.15, 0.2) is 65.8 Å². The van der Waals surface area contributed by atoms with Crippen molar-refractivity contribution in [2.45, 2.75) is 25.7 Å². The van der Waals surface area contributed by atoms with Crippen LogP contribution in [0.2, 0.25) is 0 Å². The Morgan fingerprint density at radius 3 is 2.21 bits per heavy atom. The number of aromatic nitrogens is 2. The lowest BCUT2D eigenvalue weighted by Gasteiger charge is -2.36. The number of benzene rings is 2. The summed E-state index contributed by atoms with van der Waals surface area (Å²) in [4.78, 5) is 8.58. The standard InChI is InChI=1S/C27H30N4O2S/c1-19-5-7-25(8-6-19)34(32,33)31-10-9-22-17-24(18-28-27(22)31)23-15-20(2)26(21(3)16-23)30-13-11-29(4)12-14-30/h5-10,15-18H,11-14H2,1-4H3/i4D3. The average Bonchev–Trinajstić information content (AvgIpc) is 3.28. The van der Waals surface area contributed by atoms with E-state index in [0.717, 1.165) is 38.9 Å². The van der Waals surface area contributed by atoms with Crippen molar-refractivity contribution >= 4 is 26.7 Å². The lowest BCUT2D eigenvalue weighted by Crippen LogP contribution is -2.45. The number of piperazine rings is 1. The molecule has 5 rings (SSSR count). The third kappa shape index (κ3) is 3.99. The monoisotopic (exact) mass is 477 g/mol. The Bertz CT molecular complexity index is 1550. The predicted molar refractivity (Wildman–Crippen MR) is 138 cm³/mol. The van der Waals surface area contributed by atoms with E-state index in [1.165, 1.54) is 3.97 Å². The molecule has 4 aromatic rings. The van der Waals surface area contributed by atoms with Gasteiger partial charge in [0.05, 0.1) is 4.90 Å². The molecule has 1 fully saturated rings. The molecule has 2 aromatic carbocycles. The van der Waals surface area contributed by atoms with Gasteiger partial charge in [0, 0.05) is 59.3 Å². The first-order valence-electron chi connectivity index (χ1n) is 12.9. The van der Waals surface area contributed by atoms with E-state index in [1.807, 2.05) is 13.0 Å². The third-order valence-electron chi connectivity index (χ3n) is 6.49. The first-order chi connectivity index (χ1) is 17.4. The zero-order valence-electron chi connectivity index (χ0n) is 22.6. The Kier molecular flexibility index (Phi) is 4.83. The van der Waals surface area contributed by atoms with Crippen molar-refractivity contribution < 1.29 is 12.5 Å². The maximum absolute atomic E-state index is 13.2. The summed E-state index contributed by atoms with van der Waals surface area (Å²) in [6, 6.07) is 14.8. The second-order valence-electron chi connectivity index (χ2n) is 9.00. The van der Waals surface area contributed by atoms with Crippen molar-refractivity contribution in [1.82, 2.24) is 13.9 Å². The number of pyridine rings is 1. The number of aryl methyl sites for hydroxylation is 3. The number of anilines is 1. The highest BCUT2D eigenvalue weighted by Gasteiger charge is 2.21. The second kappa shape index (κ2) is 8.56. The van der Waals surface area contributed by atoms with E-state index in [1.54, 1.807) is 47.6 Å². The zero-order valence-corrected chi connectivity index (χ0v) is 20.4. The molecule has 1 saturated heterocycles. The van der Waals surface area contributed by atoms with Crippen molar-refractivity contribution in [3.05, 3.63) is 77.6 Å². The first kappa shape index (κ1) is 19.2. The SMILES string of the molecule is [2H]C([2H])([2H])N1CCN(c2c(C)cc(-c3cnc4c(ccn4S(=O)(=O)c4ccc(C)cc4)c3)cc2C)CC1. The topological polar surface area (TPSA) is 58.4 Å². The van der Waals surface area contributed by atoms with Gasteiger partial charge in [0.1, 0.15) is 0 Å². The van der Waals surface area contributed by atoms with Crippen molar-refractivity contribution in [1.29, 1.82) is 0 Å². The predicted octanol–water partition coefficient (Wildman–Crippen LogP) is 4.62. The van der Waals surface area contributed by atoms with Crippen LogP contribution in [-0.2, 0) is 10.0 Å². The van der Waals surface area contributed by atoms with Crippen molar-refractivity contribution in [3.8, 4) is 11.1 Å². The Morgan fingerprint density at radius 1 is 0.882 bits per heavy atom. The summed E-state index contributed by atoms with van der Waals surface area (Å²) in [5.74, 6) is 0. The number of rotatable bonds is 4. The van der Waals surface area contributed by atoms with E-state index >= 15 is 0 Å². The summed E-state index contributed by atoms with van der Waals surface area (Å²) < 4.78 is 50.6. The molecule has 0 bridgehead atoms. The summed E-state index contributed by atoms with van der Waals surface area (Å²) in [5, 5.41) is 0.744. The van der Waals surface area contributed by atoms with Gasteiger partial charge in [-0.3, -0.25) is 0 Å². The summed E-state index contributed by atoms with van der Waals surface area (Å²) >= 11 is 0. The molecule has 3 heterocycles.